The third kappa shape index (κ3) is 3.80. The summed E-state index contributed by atoms with van der Waals surface area (Å²) in [5.41, 5.74) is 5.44. The zero-order valence-electron chi connectivity index (χ0n) is 21.5. The zero-order valence-corrected chi connectivity index (χ0v) is 22.3. The highest BCUT2D eigenvalue weighted by molar-refractivity contribution is 7.91. The van der Waals surface area contributed by atoms with Crippen molar-refractivity contribution in [1.82, 2.24) is 14.3 Å². The molecular formula is C29H20F2N4O6S. The highest BCUT2D eigenvalue weighted by Crippen LogP contribution is 2.55. The maximum absolute atomic E-state index is 15.6. The molecule has 1 fully saturated rings. The SMILES string of the molecule is NC(=O)c1ccc(F)c(Cn2c(C(=O)NS(=O)(=O)C3CC3)c(-c3ccc[nH]c3=O)c3c4c(c(F)cc32)-c2ccoc2-4)c1. The van der Waals surface area contributed by atoms with Gasteiger partial charge in [-0.15, -0.1) is 0 Å². The van der Waals surface area contributed by atoms with Crippen molar-refractivity contribution in [3.05, 3.63) is 93.7 Å². The normalized spacial score (nSPS) is 13.9. The maximum Gasteiger partial charge on any atom is 0.282 e. The predicted molar refractivity (Wildman–Crippen MR) is 148 cm³/mol. The summed E-state index contributed by atoms with van der Waals surface area (Å²) in [5, 5.41) is -0.511. The molecule has 5 aromatic rings. The van der Waals surface area contributed by atoms with Crippen LogP contribution in [0.1, 0.15) is 39.3 Å². The van der Waals surface area contributed by atoms with Gasteiger partial charge in [0.1, 0.15) is 23.1 Å². The Morgan fingerprint density at radius 1 is 1.05 bits per heavy atom. The first-order valence-electron chi connectivity index (χ1n) is 12.9. The van der Waals surface area contributed by atoms with Crippen LogP contribution in [0.2, 0.25) is 0 Å². The van der Waals surface area contributed by atoms with E-state index >= 15 is 8.78 Å². The molecule has 3 heterocycles. The van der Waals surface area contributed by atoms with Crippen LogP contribution in [-0.2, 0) is 16.6 Å². The smallest absolute Gasteiger partial charge is 0.282 e. The first kappa shape index (κ1) is 25.9. The second kappa shape index (κ2) is 8.98. The van der Waals surface area contributed by atoms with Gasteiger partial charge in [-0.3, -0.25) is 14.4 Å². The number of nitrogens with one attached hydrogen (secondary N) is 2. The van der Waals surface area contributed by atoms with E-state index in [4.69, 9.17) is 10.2 Å². The molecule has 7 rings (SSSR count). The van der Waals surface area contributed by atoms with E-state index in [-0.39, 0.29) is 50.0 Å². The fourth-order valence-corrected chi connectivity index (χ4v) is 6.82. The van der Waals surface area contributed by atoms with Crippen molar-refractivity contribution in [3.63, 3.8) is 0 Å². The van der Waals surface area contributed by atoms with E-state index in [1.807, 2.05) is 0 Å². The highest BCUT2D eigenvalue weighted by Gasteiger charge is 2.40. The number of aromatic nitrogens is 2. The van der Waals surface area contributed by atoms with E-state index in [9.17, 15) is 22.8 Å². The predicted octanol–water partition coefficient (Wildman–Crippen LogP) is 3.88. The van der Waals surface area contributed by atoms with E-state index in [1.165, 1.54) is 41.3 Å². The molecule has 0 radical (unpaired) electrons. The average molecular weight is 591 g/mol. The molecule has 2 aliphatic rings. The van der Waals surface area contributed by atoms with Crippen molar-refractivity contribution in [2.75, 3.05) is 0 Å². The monoisotopic (exact) mass is 590 g/mol. The molecule has 0 unspecified atom stereocenters. The number of carbonyl (C=O) groups is 2. The first-order valence-corrected chi connectivity index (χ1v) is 14.4. The van der Waals surface area contributed by atoms with Gasteiger partial charge in [0.25, 0.3) is 11.5 Å². The molecule has 4 N–H and O–H groups in total. The van der Waals surface area contributed by atoms with Gasteiger partial charge in [-0.05, 0) is 55.3 Å². The number of halogens is 2. The van der Waals surface area contributed by atoms with Gasteiger partial charge < -0.3 is 19.7 Å². The molecule has 2 aliphatic carbocycles. The molecule has 0 aliphatic heterocycles. The minimum absolute atomic E-state index is 0.00427. The van der Waals surface area contributed by atoms with Gasteiger partial charge in [-0.2, -0.15) is 0 Å². The third-order valence-corrected chi connectivity index (χ3v) is 9.45. The summed E-state index contributed by atoms with van der Waals surface area (Å²) in [6.07, 6.45) is 3.52. The van der Waals surface area contributed by atoms with Crippen molar-refractivity contribution in [2.24, 2.45) is 5.73 Å². The number of hydrogen-bond donors (Lipinski definition) is 3. The number of carbonyl (C=O) groups excluding carboxylic acids is 2. The van der Waals surface area contributed by atoms with Crippen molar-refractivity contribution < 1.29 is 31.2 Å². The molecule has 3 aromatic heterocycles. The molecule has 212 valence electrons. The molecule has 1 saturated carbocycles. The molecule has 13 heteroatoms. The van der Waals surface area contributed by atoms with Crippen LogP contribution in [-0.4, -0.2) is 35.0 Å². The van der Waals surface area contributed by atoms with E-state index in [0.29, 0.717) is 24.2 Å². The number of rotatable bonds is 7. The topological polar surface area (TPSA) is 157 Å². The lowest BCUT2D eigenvalue weighted by Gasteiger charge is -2.21. The summed E-state index contributed by atoms with van der Waals surface area (Å²) in [5.74, 6) is -3.01. The zero-order chi connectivity index (χ0) is 29.5. The molecule has 0 atom stereocenters. The molecule has 0 bridgehead atoms. The Morgan fingerprint density at radius 2 is 1.83 bits per heavy atom. The summed E-state index contributed by atoms with van der Waals surface area (Å²) >= 11 is 0. The lowest BCUT2D eigenvalue weighted by atomic mass is 9.82. The number of aromatic amines is 1. The first-order chi connectivity index (χ1) is 20.1. The van der Waals surface area contributed by atoms with Gasteiger partial charge in [-0.25, -0.2) is 21.9 Å². The van der Waals surface area contributed by atoms with Crippen molar-refractivity contribution in [1.29, 1.82) is 0 Å². The van der Waals surface area contributed by atoms with Crippen LogP contribution in [0, 0.1) is 11.6 Å². The molecule has 2 amide bonds. The largest absolute Gasteiger partial charge is 0.464 e. The standard InChI is InChI=1S/C29H20F2N4O6S/c30-18-6-3-13(27(32)36)10-14(18)12-35-20-11-19(31)21-16-7-9-41-26(16)24(21)23(20)22(17-2-1-8-33-28(17)37)25(35)29(38)34-42(39,40)15-4-5-15/h1-3,6-11,15H,4-5,12H2,(H2,32,36)(H,33,37)(H,34,38). The second-order valence-electron chi connectivity index (χ2n) is 10.2. The van der Waals surface area contributed by atoms with Crippen LogP contribution in [0.4, 0.5) is 8.78 Å². The number of fused-ring (bicyclic) bond motifs is 6. The quantitative estimate of drug-likeness (QED) is 0.256. The van der Waals surface area contributed by atoms with E-state index < -0.39 is 50.8 Å². The van der Waals surface area contributed by atoms with Crippen LogP contribution >= 0.6 is 0 Å². The Hall–Kier alpha value is -5.04. The molecule has 2 aromatic carbocycles. The fraction of sp³-hybridized carbons (Fsp3) is 0.138. The maximum atomic E-state index is 15.6. The fourth-order valence-electron chi connectivity index (χ4n) is 5.54. The van der Waals surface area contributed by atoms with Crippen LogP contribution in [0.25, 0.3) is 44.5 Å². The number of amides is 2. The Bertz CT molecular complexity index is 2180. The summed E-state index contributed by atoms with van der Waals surface area (Å²) in [6.45, 7) is -0.441. The minimum atomic E-state index is -4.08. The van der Waals surface area contributed by atoms with Crippen molar-refractivity contribution >= 4 is 32.7 Å². The number of pyridine rings is 1. The summed E-state index contributed by atoms with van der Waals surface area (Å²) in [4.78, 5) is 41.5. The van der Waals surface area contributed by atoms with Crippen LogP contribution in [0.15, 0.2) is 64.1 Å². The minimum Gasteiger partial charge on any atom is -0.464 e. The average Bonchev–Trinajstić information content (AvgIpc) is 3.66. The Morgan fingerprint density at radius 3 is 2.55 bits per heavy atom. The lowest BCUT2D eigenvalue weighted by molar-refractivity contribution is 0.0970. The number of H-pyrrole nitrogens is 1. The Labute approximate surface area is 235 Å². The third-order valence-electron chi connectivity index (χ3n) is 7.63. The van der Waals surface area contributed by atoms with Gasteiger partial charge in [0.15, 0.2) is 0 Å². The van der Waals surface area contributed by atoms with E-state index in [2.05, 4.69) is 9.71 Å². The second-order valence-corrected chi connectivity index (χ2v) is 12.2. The lowest BCUT2D eigenvalue weighted by Crippen LogP contribution is -2.35. The van der Waals surface area contributed by atoms with Gasteiger partial charge in [0.2, 0.25) is 15.9 Å². The van der Waals surface area contributed by atoms with E-state index in [1.54, 1.807) is 6.07 Å². The Kier molecular flexibility index (Phi) is 5.54. The van der Waals surface area contributed by atoms with Gasteiger partial charge in [-0.1, -0.05) is 0 Å². The Balaban J connectivity index is 1.58. The van der Waals surface area contributed by atoms with Crippen LogP contribution < -0.4 is 16.0 Å². The number of benzene rings is 2. The number of nitrogens with two attached hydrogens (primary N) is 1. The summed E-state index contributed by atoms with van der Waals surface area (Å²) < 4.78 is 65.4. The molecule has 42 heavy (non-hydrogen) atoms. The summed E-state index contributed by atoms with van der Waals surface area (Å²) in [6, 6.07) is 9.11. The number of nitrogens with zero attached hydrogens (tertiary/aromatic N) is 1. The number of hydrogen-bond acceptors (Lipinski definition) is 6. The molecule has 0 spiro atoms. The number of sulfonamides is 1. The van der Waals surface area contributed by atoms with Crippen LogP contribution in [0.3, 0.4) is 0 Å². The van der Waals surface area contributed by atoms with Crippen LogP contribution in [0.5, 0.6) is 0 Å². The van der Waals surface area contributed by atoms with Gasteiger partial charge >= 0.3 is 0 Å². The molecular weight excluding hydrogens is 570 g/mol. The van der Waals surface area contributed by atoms with Crippen molar-refractivity contribution in [2.45, 2.75) is 24.6 Å². The number of primary amides is 1. The molecule has 10 nitrogen and oxygen atoms in total. The van der Waals surface area contributed by atoms with Gasteiger partial charge in [0, 0.05) is 50.5 Å². The molecule has 0 saturated heterocycles. The number of furan rings is 1. The van der Waals surface area contributed by atoms with E-state index in [0.717, 1.165) is 12.1 Å². The highest BCUT2D eigenvalue weighted by atomic mass is 32.2. The van der Waals surface area contributed by atoms with Gasteiger partial charge in [0.05, 0.1) is 23.6 Å². The van der Waals surface area contributed by atoms with Crippen molar-refractivity contribution in [3.8, 4) is 33.6 Å². The summed E-state index contributed by atoms with van der Waals surface area (Å²) in [7, 11) is -4.08.